The van der Waals surface area contributed by atoms with Crippen molar-refractivity contribution in [1.29, 1.82) is 0 Å². The minimum atomic E-state index is 0.411. The summed E-state index contributed by atoms with van der Waals surface area (Å²) in [5.74, 6) is 1.90. The second kappa shape index (κ2) is 8.32. The number of anilines is 2. The van der Waals surface area contributed by atoms with Crippen LogP contribution in [0.4, 0.5) is 11.6 Å². The van der Waals surface area contributed by atoms with E-state index in [1.807, 2.05) is 12.3 Å². The molecule has 0 radical (unpaired) electrons. The van der Waals surface area contributed by atoms with Crippen molar-refractivity contribution in [3.05, 3.63) is 6.07 Å². The van der Waals surface area contributed by atoms with Gasteiger partial charge in [0.05, 0.1) is 0 Å². The summed E-state index contributed by atoms with van der Waals surface area (Å²) in [5, 5.41) is 4.09. The maximum absolute atomic E-state index is 4.65. The summed E-state index contributed by atoms with van der Waals surface area (Å²) >= 11 is 1.58. The largest absolute Gasteiger partial charge is 0.370 e. The summed E-state index contributed by atoms with van der Waals surface area (Å²) in [4.78, 5) is 13.7. The van der Waals surface area contributed by atoms with E-state index in [1.165, 1.54) is 0 Å². The number of likely N-dealkylation sites (N-methyl/N-ethyl adjacent to an activating group) is 2. The molecule has 6 heteroatoms. The van der Waals surface area contributed by atoms with Crippen LogP contribution in [0.25, 0.3) is 0 Å². The third-order valence-electron chi connectivity index (χ3n) is 3.03. The van der Waals surface area contributed by atoms with Gasteiger partial charge in [-0.15, -0.1) is 0 Å². The van der Waals surface area contributed by atoms with E-state index >= 15 is 0 Å². The minimum Gasteiger partial charge on any atom is -0.370 e. The van der Waals surface area contributed by atoms with Gasteiger partial charge in [0.1, 0.15) is 11.6 Å². The smallest absolute Gasteiger partial charge is 0.191 e. The van der Waals surface area contributed by atoms with Crippen LogP contribution in [0.2, 0.25) is 0 Å². The zero-order valence-corrected chi connectivity index (χ0v) is 14.3. The van der Waals surface area contributed by atoms with Crippen molar-refractivity contribution in [2.45, 2.75) is 32.0 Å². The molecule has 1 heterocycles. The standard InChI is InChI=1S/C14H27N5S/c1-7-15-12-9-13(17-14(16-12)20-6)19(8-2)11(3)10-18(4)5/h9,11H,7-8,10H2,1-6H3,(H,15,16,17). The fourth-order valence-electron chi connectivity index (χ4n) is 2.25. The van der Waals surface area contributed by atoms with E-state index in [1.54, 1.807) is 11.8 Å². The predicted octanol–water partition coefficient (Wildman–Crippen LogP) is 2.41. The Labute approximate surface area is 127 Å². The van der Waals surface area contributed by atoms with Gasteiger partial charge < -0.3 is 15.1 Å². The van der Waals surface area contributed by atoms with Gasteiger partial charge >= 0.3 is 0 Å². The van der Waals surface area contributed by atoms with E-state index < -0.39 is 0 Å². The van der Waals surface area contributed by atoms with Crippen LogP contribution in [-0.4, -0.2) is 60.9 Å². The lowest BCUT2D eigenvalue weighted by Crippen LogP contribution is -2.40. The third kappa shape index (κ3) is 4.83. The van der Waals surface area contributed by atoms with Crippen LogP contribution in [0.15, 0.2) is 11.2 Å². The lowest BCUT2D eigenvalue weighted by atomic mass is 10.2. The summed E-state index contributed by atoms with van der Waals surface area (Å²) in [6.07, 6.45) is 2.01. The molecule has 114 valence electrons. The fraction of sp³-hybridized carbons (Fsp3) is 0.714. The molecule has 0 bridgehead atoms. The fourth-order valence-corrected chi connectivity index (χ4v) is 2.62. The van der Waals surface area contributed by atoms with Gasteiger partial charge in [0, 0.05) is 31.7 Å². The Bertz CT molecular complexity index is 411. The highest BCUT2D eigenvalue weighted by Gasteiger charge is 2.16. The molecule has 1 N–H and O–H groups in total. The normalized spacial score (nSPS) is 12.6. The SMILES string of the molecule is CCNc1cc(N(CC)C(C)CN(C)C)nc(SC)n1. The van der Waals surface area contributed by atoms with E-state index in [2.05, 4.69) is 60.0 Å². The van der Waals surface area contributed by atoms with E-state index in [4.69, 9.17) is 0 Å². The maximum Gasteiger partial charge on any atom is 0.191 e. The number of nitrogens with zero attached hydrogens (tertiary/aromatic N) is 4. The molecule has 0 saturated heterocycles. The average molecular weight is 297 g/mol. The zero-order valence-electron chi connectivity index (χ0n) is 13.5. The van der Waals surface area contributed by atoms with Crippen molar-refractivity contribution in [2.75, 3.05) is 50.2 Å². The lowest BCUT2D eigenvalue weighted by molar-refractivity contribution is 0.372. The first-order chi connectivity index (χ1) is 9.51. The molecule has 0 saturated carbocycles. The molecule has 0 aliphatic rings. The highest BCUT2D eigenvalue weighted by Crippen LogP contribution is 2.22. The van der Waals surface area contributed by atoms with Crippen molar-refractivity contribution in [3.63, 3.8) is 0 Å². The van der Waals surface area contributed by atoms with E-state index in [9.17, 15) is 0 Å². The molecule has 5 nitrogen and oxygen atoms in total. The highest BCUT2D eigenvalue weighted by molar-refractivity contribution is 7.98. The second-order valence-electron chi connectivity index (χ2n) is 5.03. The number of nitrogens with one attached hydrogen (secondary N) is 1. The number of rotatable bonds is 8. The number of hydrogen-bond acceptors (Lipinski definition) is 6. The van der Waals surface area contributed by atoms with E-state index in [0.717, 1.165) is 36.4 Å². The number of hydrogen-bond donors (Lipinski definition) is 1. The summed E-state index contributed by atoms with van der Waals surface area (Å²) in [5.41, 5.74) is 0. The maximum atomic E-state index is 4.65. The molecule has 0 aliphatic heterocycles. The summed E-state index contributed by atoms with van der Waals surface area (Å²) in [7, 11) is 4.20. The topological polar surface area (TPSA) is 44.3 Å². The first-order valence-corrected chi connectivity index (χ1v) is 8.32. The van der Waals surface area contributed by atoms with E-state index in [-0.39, 0.29) is 0 Å². The molecule has 1 aromatic heterocycles. The second-order valence-corrected chi connectivity index (χ2v) is 5.80. The van der Waals surface area contributed by atoms with Crippen LogP contribution in [0.1, 0.15) is 20.8 Å². The van der Waals surface area contributed by atoms with Crippen LogP contribution in [0.3, 0.4) is 0 Å². The number of thioether (sulfide) groups is 1. The monoisotopic (exact) mass is 297 g/mol. The van der Waals surface area contributed by atoms with Crippen LogP contribution < -0.4 is 10.2 Å². The van der Waals surface area contributed by atoms with Gasteiger partial charge in [0.15, 0.2) is 5.16 Å². The number of aromatic nitrogens is 2. The molecule has 0 spiro atoms. The lowest BCUT2D eigenvalue weighted by Gasteiger charge is -2.31. The third-order valence-corrected chi connectivity index (χ3v) is 3.58. The van der Waals surface area contributed by atoms with Crippen molar-refractivity contribution < 1.29 is 0 Å². The highest BCUT2D eigenvalue weighted by atomic mass is 32.2. The molecule has 1 unspecified atom stereocenters. The van der Waals surface area contributed by atoms with Gasteiger partial charge in [-0.05, 0) is 41.1 Å². The Balaban J connectivity index is 3.03. The van der Waals surface area contributed by atoms with Gasteiger partial charge in [-0.3, -0.25) is 0 Å². The Kier molecular flexibility index (Phi) is 7.09. The Morgan fingerprint density at radius 3 is 2.50 bits per heavy atom. The molecule has 20 heavy (non-hydrogen) atoms. The first-order valence-electron chi connectivity index (χ1n) is 7.10. The van der Waals surface area contributed by atoms with Gasteiger partial charge in [-0.25, -0.2) is 9.97 Å². The molecule has 0 aliphatic carbocycles. The predicted molar refractivity (Wildman–Crippen MR) is 89.0 cm³/mol. The molecule has 0 fully saturated rings. The van der Waals surface area contributed by atoms with Crippen LogP contribution in [0.5, 0.6) is 0 Å². The van der Waals surface area contributed by atoms with Gasteiger partial charge in [-0.1, -0.05) is 11.8 Å². The Hall–Kier alpha value is -1.01. The molecule has 0 aromatic carbocycles. The summed E-state index contributed by atoms with van der Waals surface area (Å²) in [6.45, 7) is 9.28. The molecule has 1 aromatic rings. The van der Waals surface area contributed by atoms with Crippen molar-refractivity contribution in [3.8, 4) is 0 Å². The van der Waals surface area contributed by atoms with Crippen molar-refractivity contribution >= 4 is 23.4 Å². The van der Waals surface area contributed by atoms with Crippen LogP contribution >= 0.6 is 11.8 Å². The average Bonchev–Trinajstić information content (AvgIpc) is 2.38. The van der Waals surface area contributed by atoms with Crippen molar-refractivity contribution in [1.82, 2.24) is 14.9 Å². The van der Waals surface area contributed by atoms with Gasteiger partial charge in [0.25, 0.3) is 0 Å². The first kappa shape index (κ1) is 17.0. The molecule has 1 rings (SSSR count). The summed E-state index contributed by atoms with van der Waals surface area (Å²) in [6, 6.07) is 2.45. The van der Waals surface area contributed by atoms with Crippen LogP contribution in [-0.2, 0) is 0 Å². The van der Waals surface area contributed by atoms with Crippen LogP contribution in [0, 0.1) is 0 Å². The summed E-state index contributed by atoms with van der Waals surface area (Å²) < 4.78 is 0. The molecular weight excluding hydrogens is 270 g/mol. The van der Waals surface area contributed by atoms with E-state index in [0.29, 0.717) is 6.04 Å². The van der Waals surface area contributed by atoms with Gasteiger partial charge in [0.2, 0.25) is 0 Å². The minimum absolute atomic E-state index is 0.411. The van der Waals surface area contributed by atoms with Crippen molar-refractivity contribution in [2.24, 2.45) is 0 Å². The zero-order chi connectivity index (χ0) is 15.1. The van der Waals surface area contributed by atoms with Gasteiger partial charge in [-0.2, -0.15) is 0 Å². The molecule has 0 amide bonds. The quantitative estimate of drug-likeness (QED) is 0.587. The Morgan fingerprint density at radius 2 is 2.00 bits per heavy atom. The molecule has 1 atom stereocenters. The Morgan fingerprint density at radius 1 is 1.30 bits per heavy atom. The molecular formula is C14H27N5S.